The average Bonchev–Trinajstić information content (AvgIpc) is 2.67. The highest BCUT2D eigenvalue weighted by Crippen LogP contribution is 2.38. The number of nitrogens with zero attached hydrogens (tertiary/aromatic N) is 3. The predicted molar refractivity (Wildman–Crippen MR) is 95.9 cm³/mol. The van der Waals surface area contributed by atoms with Crippen LogP contribution in [0.1, 0.15) is 19.4 Å². The fourth-order valence-corrected chi connectivity index (χ4v) is 2.14. The maximum Gasteiger partial charge on any atom is 0.514 e. The van der Waals surface area contributed by atoms with Gasteiger partial charge in [0.15, 0.2) is 12.4 Å². The standard InChI is InChI=1S/C17H17N3O9/c1-3-19(4-2)16(24)11(8-18)5-10-6-12(20(26)27)15(23)13(7-10)29-17(25)28-9-14(21)22/h5-7,23H,3-4,9H2,1-2H3,(H,21,22). The lowest BCUT2D eigenvalue weighted by Gasteiger charge is -2.17. The van der Waals surface area contributed by atoms with Crippen molar-refractivity contribution in [3.8, 4) is 17.6 Å². The number of aromatic hydroxyl groups is 1. The second kappa shape index (κ2) is 10.3. The van der Waals surface area contributed by atoms with Gasteiger partial charge in [0.05, 0.1) is 4.92 Å². The molecule has 1 rings (SSSR count). The number of phenols is 1. The van der Waals surface area contributed by atoms with E-state index in [0.717, 1.165) is 18.2 Å². The molecular weight excluding hydrogens is 390 g/mol. The molecule has 0 aliphatic heterocycles. The molecule has 0 heterocycles. The van der Waals surface area contributed by atoms with E-state index in [1.807, 2.05) is 0 Å². The number of carboxylic acid groups (broad SMARTS) is 1. The van der Waals surface area contributed by atoms with Gasteiger partial charge in [-0.2, -0.15) is 5.26 Å². The first-order chi connectivity index (χ1) is 13.6. The van der Waals surface area contributed by atoms with Crippen LogP contribution in [-0.4, -0.2) is 57.8 Å². The number of nitro groups is 1. The van der Waals surface area contributed by atoms with Crippen LogP contribution in [0.25, 0.3) is 6.08 Å². The minimum Gasteiger partial charge on any atom is -0.499 e. The third-order valence-corrected chi connectivity index (χ3v) is 3.49. The molecule has 154 valence electrons. The molecule has 0 aliphatic carbocycles. The van der Waals surface area contributed by atoms with Gasteiger partial charge < -0.3 is 24.6 Å². The molecule has 2 N–H and O–H groups in total. The number of carboxylic acids is 1. The number of likely N-dealkylation sites (N-methyl/N-ethyl adjacent to an activating group) is 1. The second-order valence-electron chi connectivity index (χ2n) is 5.33. The summed E-state index contributed by atoms with van der Waals surface area (Å²) in [6, 6.07) is 3.52. The molecule has 0 radical (unpaired) electrons. The van der Waals surface area contributed by atoms with Crippen molar-refractivity contribution in [3.05, 3.63) is 33.4 Å². The lowest BCUT2D eigenvalue weighted by molar-refractivity contribution is -0.385. The summed E-state index contributed by atoms with van der Waals surface area (Å²) in [5.41, 5.74) is -1.30. The summed E-state index contributed by atoms with van der Waals surface area (Å²) in [4.78, 5) is 45.8. The van der Waals surface area contributed by atoms with Crippen molar-refractivity contribution in [2.24, 2.45) is 0 Å². The topological polar surface area (TPSA) is 180 Å². The Labute approximate surface area is 164 Å². The molecule has 0 fully saturated rings. The fourth-order valence-electron chi connectivity index (χ4n) is 2.14. The zero-order valence-corrected chi connectivity index (χ0v) is 15.4. The summed E-state index contributed by atoms with van der Waals surface area (Å²) < 4.78 is 8.84. The van der Waals surface area contributed by atoms with Gasteiger partial charge in [0.25, 0.3) is 5.91 Å². The van der Waals surface area contributed by atoms with Crippen LogP contribution >= 0.6 is 0 Å². The van der Waals surface area contributed by atoms with Gasteiger partial charge in [-0.1, -0.05) is 0 Å². The number of phenolic OH excluding ortho intramolecular Hbond substituents is 1. The number of rotatable bonds is 8. The van der Waals surface area contributed by atoms with Crippen LogP contribution in [0.2, 0.25) is 0 Å². The number of nitriles is 1. The third kappa shape index (κ3) is 6.21. The number of benzene rings is 1. The van der Waals surface area contributed by atoms with E-state index >= 15 is 0 Å². The van der Waals surface area contributed by atoms with Crippen molar-refractivity contribution in [2.45, 2.75) is 13.8 Å². The normalized spacial score (nSPS) is 10.6. The van der Waals surface area contributed by atoms with Crippen molar-refractivity contribution in [3.63, 3.8) is 0 Å². The Morgan fingerprint density at radius 1 is 1.31 bits per heavy atom. The molecule has 12 nitrogen and oxygen atoms in total. The number of hydrogen-bond acceptors (Lipinski definition) is 9. The van der Waals surface area contributed by atoms with Crippen molar-refractivity contribution >= 4 is 29.8 Å². The van der Waals surface area contributed by atoms with E-state index in [-0.39, 0.29) is 11.1 Å². The first-order valence-corrected chi connectivity index (χ1v) is 8.13. The molecule has 1 aromatic rings. The molecule has 0 spiro atoms. The number of amides is 1. The van der Waals surface area contributed by atoms with E-state index in [4.69, 9.17) is 5.11 Å². The van der Waals surface area contributed by atoms with E-state index in [1.54, 1.807) is 19.9 Å². The van der Waals surface area contributed by atoms with Gasteiger partial charge in [-0.05, 0) is 31.6 Å². The zero-order valence-electron chi connectivity index (χ0n) is 15.4. The van der Waals surface area contributed by atoms with Gasteiger partial charge in [-0.3, -0.25) is 14.9 Å². The van der Waals surface area contributed by atoms with E-state index in [9.17, 15) is 34.9 Å². The van der Waals surface area contributed by atoms with Crippen molar-refractivity contribution in [1.29, 1.82) is 5.26 Å². The van der Waals surface area contributed by atoms with Gasteiger partial charge in [0.1, 0.15) is 11.6 Å². The highest BCUT2D eigenvalue weighted by Gasteiger charge is 2.23. The SMILES string of the molecule is CCN(CC)C(=O)C(C#N)=Cc1cc(OC(=O)OCC(=O)O)c(O)c([N+](=O)[O-])c1. The van der Waals surface area contributed by atoms with E-state index in [1.165, 1.54) is 4.90 Å². The number of aliphatic carboxylic acids is 1. The number of hydrogen-bond donors (Lipinski definition) is 2. The largest absolute Gasteiger partial charge is 0.514 e. The molecule has 12 heteroatoms. The highest BCUT2D eigenvalue weighted by molar-refractivity contribution is 6.01. The van der Waals surface area contributed by atoms with Crippen molar-refractivity contribution in [1.82, 2.24) is 4.90 Å². The molecule has 0 aromatic heterocycles. The molecule has 29 heavy (non-hydrogen) atoms. The molecule has 1 amide bonds. The van der Waals surface area contributed by atoms with Crippen LogP contribution in [0.4, 0.5) is 10.5 Å². The summed E-state index contributed by atoms with van der Waals surface area (Å²) in [5, 5.41) is 38.8. The van der Waals surface area contributed by atoms with Gasteiger partial charge >= 0.3 is 17.8 Å². The lowest BCUT2D eigenvalue weighted by Crippen LogP contribution is -2.31. The summed E-state index contributed by atoms with van der Waals surface area (Å²) in [5.74, 6) is -3.82. The first-order valence-electron chi connectivity index (χ1n) is 8.13. The number of ether oxygens (including phenoxy) is 2. The van der Waals surface area contributed by atoms with Crippen LogP contribution in [0.15, 0.2) is 17.7 Å². The predicted octanol–water partition coefficient (Wildman–Crippen LogP) is 1.68. The maximum atomic E-state index is 12.3. The Morgan fingerprint density at radius 3 is 2.41 bits per heavy atom. The summed E-state index contributed by atoms with van der Waals surface area (Å²) in [6.07, 6.45) is -0.499. The van der Waals surface area contributed by atoms with E-state index < -0.39 is 46.7 Å². The van der Waals surface area contributed by atoms with Crippen LogP contribution in [0, 0.1) is 21.4 Å². The lowest BCUT2D eigenvalue weighted by atomic mass is 10.1. The third-order valence-electron chi connectivity index (χ3n) is 3.49. The van der Waals surface area contributed by atoms with Gasteiger partial charge in [0.2, 0.25) is 5.75 Å². The Bertz CT molecular complexity index is 898. The quantitative estimate of drug-likeness (QED) is 0.161. The van der Waals surface area contributed by atoms with Crippen molar-refractivity contribution < 1.29 is 39.0 Å². The molecule has 0 atom stereocenters. The minimum absolute atomic E-state index is 0.0902. The zero-order chi connectivity index (χ0) is 22.1. The van der Waals surface area contributed by atoms with Gasteiger partial charge in [-0.15, -0.1) is 0 Å². The number of carbonyl (C=O) groups excluding carboxylic acids is 2. The van der Waals surface area contributed by atoms with E-state index in [2.05, 4.69) is 9.47 Å². The van der Waals surface area contributed by atoms with Gasteiger partial charge in [0, 0.05) is 19.2 Å². The maximum absolute atomic E-state index is 12.3. The van der Waals surface area contributed by atoms with Crippen LogP contribution in [-0.2, 0) is 14.3 Å². The Morgan fingerprint density at radius 2 is 1.93 bits per heavy atom. The van der Waals surface area contributed by atoms with Crippen molar-refractivity contribution in [2.75, 3.05) is 19.7 Å². The number of carbonyl (C=O) groups is 3. The Kier molecular flexibility index (Phi) is 8.10. The molecule has 0 bridgehead atoms. The Balaban J connectivity index is 3.37. The summed E-state index contributed by atoms with van der Waals surface area (Å²) >= 11 is 0. The van der Waals surface area contributed by atoms with Gasteiger partial charge in [-0.25, -0.2) is 9.59 Å². The van der Waals surface area contributed by atoms with Crippen LogP contribution < -0.4 is 4.74 Å². The minimum atomic E-state index is -1.53. The summed E-state index contributed by atoms with van der Waals surface area (Å²) in [6.45, 7) is 3.03. The molecule has 0 unspecified atom stereocenters. The van der Waals surface area contributed by atoms with E-state index in [0.29, 0.717) is 13.1 Å². The van der Waals surface area contributed by atoms with Crippen LogP contribution in [0.5, 0.6) is 11.5 Å². The highest BCUT2D eigenvalue weighted by atomic mass is 16.7. The smallest absolute Gasteiger partial charge is 0.499 e. The second-order valence-corrected chi connectivity index (χ2v) is 5.33. The molecule has 0 saturated heterocycles. The number of nitro benzene ring substituents is 1. The first kappa shape index (κ1) is 22.9. The molecule has 1 aromatic carbocycles. The molecular formula is C17H17N3O9. The van der Waals surface area contributed by atoms with Crippen LogP contribution in [0.3, 0.4) is 0 Å². The Hall–Kier alpha value is -4.14. The molecule has 0 saturated carbocycles. The molecule has 0 aliphatic rings. The summed E-state index contributed by atoms with van der Waals surface area (Å²) in [7, 11) is 0. The monoisotopic (exact) mass is 407 g/mol. The fraction of sp³-hybridized carbons (Fsp3) is 0.294. The average molecular weight is 407 g/mol.